The number of nitrogens with one attached hydrogen (secondary N) is 1. The van der Waals surface area contributed by atoms with E-state index in [1.807, 2.05) is 6.92 Å². The van der Waals surface area contributed by atoms with Gasteiger partial charge >= 0.3 is 0 Å². The third-order valence-electron chi connectivity index (χ3n) is 3.89. The molecule has 2 rings (SSSR count). The van der Waals surface area contributed by atoms with Gasteiger partial charge in [0, 0.05) is 22.3 Å². The number of halogens is 1. The molecule has 1 N–H and O–H groups in total. The Hall–Kier alpha value is -1.07. The van der Waals surface area contributed by atoms with Gasteiger partial charge in [-0.05, 0) is 42.9 Å². The molecule has 1 saturated carbocycles. The van der Waals surface area contributed by atoms with Crippen LogP contribution in [0.3, 0.4) is 0 Å². The van der Waals surface area contributed by atoms with Gasteiger partial charge in [-0.15, -0.1) is 0 Å². The van der Waals surface area contributed by atoms with Crippen molar-refractivity contribution in [2.45, 2.75) is 50.5 Å². The molecule has 2 unspecified atom stereocenters. The molecule has 0 aromatic heterocycles. The number of aryl methyl sites for hydroxylation is 1. The predicted molar refractivity (Wildman–Crippen MR) is 83.1 cm³/mol. The third kappa shape index (κ3) is 3.98. The van der Waals surface area contributed by atoms with Crippen LogP contribution in [0.25, 0.3) is 0 Å². The summed E-state index contributed by atoms with van der Waals surface area (Å²) in [6.07, 6.45) is 3.89. The van der Waals surface area contributed by atoms with Gasteiger partial charge in [-0.25, -0.2) is 8.42 Å². The fourth-order valence-electron chi connectivity index (χ4n) is 2.59. The van der Waals surface area contributed by atoms with E-state index >= 15 is 0 Å². The summed E-state index contributed by atoms with van der Waals surface area (Å²) in [5.74, 6) is 0.349. The second-order valence-electron chi connectivity index (χ2n) is 5.47. The molecule has 1 aliphatic carbocycles. The van der Waals surface area contributed by atoms with Gasteiger partial charge < -0.3 is 5.32 Å². The minimum absolute atomic E-state index is 0.0348. The first-order valence-electron chi connectivity index (χ1n) is 7.25. The summed E-state index contributed by atoms with van der Waals surface area (Å²) < 4.78 is 22.8. The molecule has 2 atom stereocenters. The Morgan fingerprint density at radius 3 is 2.67 bits per heavy atom. The minimum Gasteiger partial charge on any atom is -0.349 e. The standard InChI is InChI=1S/C15H20ClNO3S/c1-3-5-11-8-14(11)17-15(18)13-9-12(21(16,19)20)7-6-10(13)4-2/h6-7,9,11,14H,3-5,8H2,1-2H3,(H,17,18). The summed E-state index contributed by atoms with van der Waals surface area (Å²) in [4.78, 5) is 12.3. The zero-order valence-electron chi connectivity index (χ0n) is 12.2. The Morgan fingerprint density at radius 2 is 2.10 bits per heavy atom. The van der Waals surface area contributed by atoms with Crippen LogP contribution in [-0.4, -0.2) is 20.4 Å². The number of hydrogen-bond donors (Lipinski definition) is 1. The molecule has 1 aromatic carbocycles. The van der Waals surface area contributed by atoms with Gasteiger partial charge in [-0.2, -0.15) is 0 Å². The van der Waals surface area contributed by atoms with E-state index in [1.54, 1.807) is 6.07 Å². The quantitative estimate of drug-likeness (QED) is 0.816. The van der Waals surface area contributed by atoms with Crippen molar-refractivity contribution in [3.63, 3.8) is 0 Å². The number of rotatable bonds is 6. The summed E-state index contributed by atoms with van der Waals surface area (Å²) in [5, 5.41) is 2.98. The van der Waals surface area contributed by atoms with Crippen LogP contribution in [0, 0.1) is 5.92 Å². The van der Waals surface area contributed by atoms with Crippen molar-refractivity contribution in [2.75, 3.05) is 0 Å². The summed E-state index contributed by atoms with van der Waals surface area (Å²) in [6, 6.07) is 4.68. The average molecular weight is 330 g/mol. The second-order valence-corrected chi connectivity index (χ2v) is 8.04. The Balaban J connectivity index is 2.19. The second kappa shape index (κ2) is 6.36. The Bertz CT molecular complexity index is 642. The van der Waals surface area contributed by atoms with Crippen molar-refractivity contribution in [2.24, 2.45) is 5.92 Å². The summed E-state index contributed by atoms with van der Waals surface area (Å²) >= 11 is 0. The largest absolute Gasteiger partial charge is 0.349 e. The lowest BCUT2D eigenvalue weighted by Gasteiger charge is -2.10. The number of hydrogen-bond acceptors (Lipinski definition) is 3. The van der Waals surface area contributed by atoms with Gasteiger partial charge in [0.2, 0.25) is 0 Å². The Morgan fingerprint density at radius 1 is 1.38 bits per heavy atom. The predicted octanol–water partition coefficient (Wildman–Crippen LogP) is 3.09. The highest BCUT2D eigenvalue weighted by molar-refractivity contribution is 8.13. The normalized spacial score (nSPS) is 21.1. The summed E-state index contributed by atoms with van der Waals surface area (Å²) in [6.45, 7) is 4.05. The molecule has 0 radical (unpaired) electrons. The number of benzene rings is 1. The molecular formula is C15H20ClNO3S. The van der Waals surface area contributed by atoms with E-state index in [9.17, 15) is 13.2 Å². The van der Waals surface area contributed by atoms with E-state index in [-0.39, 0.29) is 16.8 Å². The van der Waals surface area contributed by atoms with Crippen molar-refractivity contribution in [3.8, 4) is 0 Å². The molecule has 1 amide bonds. The lowest BCUT2D eigenvalue weighted by atomic mass is 10.0. The van der Waals surface area contributed by atoms with Gasteiger partial charge in [0.1, 0.15) is 0 Å². The first-order valence-corrected chi connectivity index (χ1v) is 9.56. The molecule has 0 heterocycles. The lowest BCUT2D eigenvalue weighted by Crippen LogP contribution is -2.28. The van der Waals surface area contributed by atoms with Crippen LogP contribution >= 0.6 is 10.7 Å². The lowest BCUT2D eigenvalue weighted by molar-refractivity contribution is 0.0947. The van der Waals surface area contributed by atoms with Crippen molar-refractivity contribution < 1.29 is 13.2 Å². The highest BCUT2D eigenvalue weighted by Gasteiger charge is 2.37. The van der Waals surface area contributed by atoms with Crippen LogP contribution in [0.4, 0.5) is 0 Å². The molecular weight excluding hydrogens is 310 g/mol. The van der Waals surface area contributed by atoms with Gasteiger partial charge in [0.05, 0.1) is 4.90 Å². The van der Waals surface area contributed by atoms with Crippen LogP contribution in [-0.2, 0) is 15.5 Å². The molecule has 21 heavy (non-hydrogen) atoms. The molecule has 0 aliphatic heterocycles. The molecule has 116 valence electrons. The van der Waals surface area contributed by atoms with Crippen molar-refractivity contribution in [1.29, 1.82) is 0 Å². The average Bonchev–Trinajstić information content (AvgIpc) is 3.15. The fourth-order valence-corrected chi connectivity index (χ4v) is 3.36. The van der Waals surface area contributed by atoms with E-state index < -0.39 is 9.05 Å². The Labute approximate surface area is 130 Å². The highest BCUT2D eigenvalue weighted by atomic mass is 35.7. The van der Waals surface area contributed by atoms with E-state index in [0.29, 0.717) is 17.9 Å². The molecule has 1 aromatic rings. The topological polar surface area (TPSA) is 63.2 Å². The van der Waals surface area contributed by atoms with Crippen LogP contribution < -0.4 is 5.32 Å². The van der Waals surface area contributed by atoms with Crippen molar-refractivity contribution in [1.82, 2.24) is 5.32 Å². The number of carbonyl (C=O) groups is 1. The van der Waals surface area contributed by atoms with Crippen LogP contribution in [0.5, 0.6) is 0 Å². The number of amides is 1. The summed E-state index contributed by atoms with van der Waals surface area (Å²) in [5.41, 5.74) is 1.23. The monoisotopic (exact) mass is 329 g/mol. The van der Waals surface area contributed by atoms with Gasteiger partial charge in [0.25, 0.3) is 15.0 Å². The SMILES string of the molecule is CCCC1CC1NC(=O)c1cc(S(=O)(=O)Cl)ccc1CC. The number of carbonyl (C=O) groups excluding carboxylic acids is 1. The zero-order valence-corrected chi connectivity index (χ0v) is 13.8. The maximum absolute atomic E-state index is 12.4. The van der Waals surface area contributed by atoms with E-state index in [0.717, 1.165) is 24.8 Å². The smallest absolute Gasteiger partial charge is 0.261 e. The maximum atomic E-state index is 12.4. The molecule has 1 aliphatic rings. The van der Waals surface area contributed by atoms with Gasteiger partial charge in [-0.1, -0.05) is 26.3 Å². The highest BCUT2D eigenvalue weighted by Crippen LogP contribution is 2.35. The molecule has 4 nitrogen and oxygen atoms in total. The van der Waals surface area contributed by atoms with E-state index in [1.165, 1.54) is 12.1 Å². The fraction of sp³-hybridized carbons (Fsp3) is 0.533. The van der Waals surface area contributed by atoms with E-state index in [2.05, 4.69) is 12.2 Å². The van der Waals surface area contributed by atoms with Crippen molar-refractivity contribution >= 4 is 25.6 Å². The third-order valence-corrected chi connectivity index (χ3v) is 5.24. The maximum Gasteiger partial charge on any atom is 0.261 e. The molecule has 1 fully saturated rings. The van der Waals surface area contributed by atoms with E-state index in [4.69, 9.17) is 10.7 Å². The Kier molecular flexibility index (Phi) is 4.94. The first-order chi connectivity index (χ1) is 9.86. The molecule has 6 heteroatoms. The van der Waals surface area contributed by atoms with Gasteiger partial charge in [-0.3, -0.25) is 4.79 Å². The molecule has 0 spiro atoms. The van der Waals surface area contributed by atoms with Gasteiger partial charge in [0.15, 0.2) is 0 Å². The molecule has 0 bridgehead atoms. The first kappa shape index (κ1) is 16.3. The van der Waals surface area contributed by atoms with Crippen LogP contribution in [0.2, 0.25) is 0 Å². The zero-order chi connectivity index (χ0) is 15.6. The summed E-state index contributed by atoms with van der Waals surface area (Å²) in [7, 11) is 1.53. The molecule has 0 saturated heterocycles. The van der Waals surface area contributed by atoms with Crippen molar-refractivity contribution in [3.05, 3.63) is 29.3 Å². The van der Waals surface area contributed by atoms with Crippen LogP contribution in [0.1, 0.15) is 49.0 Å². The minimum atomic E-state index is -3.82. The van der Waals surface area contributed by atoms with Crippen LogP contribution in [0.15, 0.2) is 23.1 Å².